The van der Waals surface area contributed by atoms with Gasteiger partial charge in [-0.25, -0.2) is 0 Å². The van der Waals surface area contributed by atoms with E-state index in [1.54, 1.807) is 0 Å². The molecule has 1 unspecified atom stereocenters. The summed E-state index contributed by atoms with van der Waals surface area (Å²) in [6.07, 6.45) is 1.36. The number of aliphatic imine (C=N–C) groups is 1. The monoisotopic (exact) mass is 507 g/mol. The minimum Gasteiger partial charge on any atom is -0.490 e. The molecule has 3 N–H and O–H groups in total. The minimum atomic E-state index is -0.757. The zero-order valence-electron chi connectivity index (χ0n) is 18.2. The predicted octanol–water partition coefficient (Wildman–Crippen LogP) is 4.27. The third-order valence-electron chi connectivity index (χ3n) is 4.61. The summed E-state index contributed by atoms with van der Waals surface area (Å²) in [5.74, 6) is 2.20. The first-order valence-corrected chi connectivity index (χ1v) is 10.1. The Morgan fingerprint density at radius 3 is 2.21 bits per heavy atom. The van der Waals surface area contributed by atoms with Gasteiger partial charge >= 0.3 is 0 Å². The van der Waals surface area contributed by atoms with Gasteiger partial charge in [0.1, 0.15) is 0 Å². The van der Waals surface area contributed by atoms with E-state index in [-0.39, 0.29) is 30.0 Å². The number of hydrogen-bond donors (Lipinski definition) is 3. The van der Waals surface area contributed by atoms with Gasteiger partial charge in [-0.1, -0.05) is 19.9 Å². The highest BCUT2D eigenvalue weighted by atomic mass is 127. The van der Waals surface area contributed by atoms with Crippen molar-refractivity contribution >= 4 is 29.9 Å². The molecule has 0 spiro atoms. The SMILES string of the molecule is CCNC(=NCC(O)(CC)CC)NC(C)c1ccc(OCC)c(OCC)c1.I. The van der Waals surface area contributed by atoms with Crippen molar-refractivity contribution in [1.82, 2.24) is 10.6 Å². The van der Waals surface area contributed by atoms with Gasteiger partial charge in [0.05, 0.1) is 31.4 Å². The molecule has 1 aromatic rings. The van der Waals surface area contributed by atoms with E-state index in [4.69, 9.17) is 9.47 Å². The topological polar surface area (TPSA) is 75.1 Å². The van der Waals surface area contributed by atoms with Gasteiger partial charge in [0.2, 0.25) is 0 Å². The molecule has 0 amide bonds. The molecule has 0 bridgehead atoms. The lowest BCUT2D eigenvalue weighted by Crippen LogP contribution is -2.40. The number of guanidine groups is 1. The molecule has 1 rings (SSSR count). The molecule has 0 aliphatic carbocycles. The van der Waals surface area contributed by atoms with Gasteiger partial charge in [0, 0.05) is 6.54 Å². The van der Waals surface area contributed by atoms with Gasteiger partial charge in [-0.3, -0.25) is 4.99 Å². The van der Waals surface area contributed by atoms with Gasteiger partial charge in [0.25, 0.3) is 0 Å². The summed E-state index contributed by atoms with van der Waals surface area (Å²) in [5, 5.41) is 17.1. The Bertz CT molecular complexity index is 592. The standard InChI is InChI=1S/C21H37N3O3.HI/c1-7-21(25,8-2)15-23-20(22-9-3)24-16(6)17-12-13-18(26-10-4)19(14-17)27-11-5;/h12-14,16,25H,7-11,15H2,1-6H3,(H2,22,23,24);1H. The molecule has 0 saturated carbocycles. The molecule has 0 aromatic heterocycles. The lowest BCUT2D eigenvalue weighted by atomic mass is 9.98. The van der Waals surface area contributed by atoms with E-state index in [1.165, 1.54) is 0 Å². The quantitative estimate of drug-likeness (QED) is 0.237. The van der Waals surface area contributed by atoms with Gasteiger partial charge in [0.15, 0.2) is 17.5 Å². The van der Waals surface area contributed by atoms with Crippen molar-refractivity contribution in [2.24, 2.45) is 4.99 Å². The van der Waals surface area contributed by atoms with Gasteiger partial charge in [-0.2, -0.15) is 0 Å². The molecule has 0 heterocycles. The molecule has 7 heteroatoms. The Morgan fingerprint density at radius 1 is 1.07 bits per heavy atom. The first-order chi connectivity index (χ1) is 12.9. The summed E-state index contributed by atoms with van der Waals surface area (Å²) in [4.78, 5) is 4.59. The van der Waals surface area contributed by atoms with E-state index in [9.17, 15) is 5.11 Å². The van der Waals surface area contributed by atoms with Crippen LogP contribution in [0.3, 0.4) is 0 Å². The maximum Gasteiger partial charge on any atom is 0.191 e. The van der Waals surface area contributed by atoms with Crippen LogP contribution in [-0.4, -0.2) is 43.0 Å². The second-order valence-electron chi connectivity index (χ2n) is 6.56. The van der Waals surface area contributed by atoms with Gasteiger partial charge in [-0.05, 0) is 58.2 Å². The number of halogens is 1. The molecule has 0 aliphatic rings. The van der Waals surface area contributed by atoms with Crippen LogP contribution < -0.4 is 20.1 Å². The predicted molar refractivity (Wildman–Crippen MR) is 127 cm³/mol. The van der Waals surface area contributed by atoms with E-state index >= 15 is 0 Å². The highest BCUT2D eigenvalue weighted by Gasteiger charge is 2.22. The zero-order valence-corrected chi connectivity index (χ0v) is 20.5. The summed E-state index contributed by atoms with van der Waals surface area (Å²) in [6.45, 7) is 14.3. The number of aliphatic hydroxyl groups is 1. The second-order valence-corrected chi connectivity index (χ2v) is 6.56. The van der Waals surface area contributed by atoms with Crippen molar-refractivity contribution in [1.29, 1.82) is 0 Å². The molecule has 1 aromatic carbocycles. The van der Waals surface area contributed by atoms with Gasteiger partial charge < -0.3 is 25.2 Å². The molecule has 28 heavy (non-hydrogen) atoms. The van der Waals surface area contributed by atoms with Crippen LogP contribution in [0.25, 0.3) is 0 Å². The van der Waals surface area contributed by atoms with Crippen molar-refractivity contribution in [3.63, 3.8) is 0 Å². The minimum absolute atomic E-state index is 0. The summed E-state index contributed by atoms with van der Waals surface area (Å²) >= 11 is 0. The highest BCUT2D eigenvalue weighted by Crippen LogP contribution is 2.30. The van der Waals surface area contributed by atoms with E-state index in [1.807, 2.05) is 52.8 Å². The van der Waals surface area contributed by atoms with E-state index in [0.717, 1.165) is 23.6 Å². The van der Waals surface area contributed by atoms with E-state index in [0.29, 0.717) is 38.6 Å². The van der Waals surface area contributed by atoms with Crippen LogP contribution in [0.1, 0.15) is 66.0 Å². The van der Waals surface area contributed by atoms with Crippen LogP contribution in [0.5, 0.6) is 11.5 Å². The van der Waals surface area contributed by atoms with Crippen molar-refractivity contribution < 1.29 is 14.6 Å². The van der Waals surface area contributed by atoms with Crippen LogP contribution in [0.15, 0.2) is 23.2 Å². The average molecular weight is 507 g/mol. The van der Waals surface area contributed by atoms with Crippen molar-refractivity contribution in [2.45, 2.75) is 66.0 Å². The summed E-state index contributed by atoms with van der Waals surface area (Å²) in [5.41, 5.74) is 0.320. The van der Waals surface area contributed by atoms with Gasteiger partial charge in [-0.15, -0.1) is 24.0 Å². The summed E-state index contributed by atoms with van der Waals surface area (Å²) in [6, 6.07) is 6.00. The molecule has 1 atom stereocenters. The number of hydrogen-bond acceptors (Lipinski definition) is 4. The van der Waals surface area contributed by atoms with Crippen LogP contribution in [-0.2, 0) is 0 Å². The second kappa shape index (κ2) is 13.9. The fourth-order valence-electron chi connectivity index (χ4n) is 2.65. The molecule has 0 radical (unpaired) electrons. The number of nitrogens with one attached hydrogen (secondary N) is 2. The molecular weight excluding hydrogens is 469 g/mol. The summed E-state index contributed by atoms with van der Waals surface area (Å²) < 4.78 is 11.4. The van der Waals surface area contributed by atoms with Crippen LogP contribution >= 0.6 is 24.0 Å². The van der Waals surface area contributed by atoms with E-state index in [2.05, 4.69) is 22.5 Å². The normalized spacial score (nSPS) is 12.8. The maximum absolute atomic E-state index is 10.5. The van der Waals surface area contributed by atoms with Crippen molar-refractivity contribution in [2.75, 3.05) is 26.3 Å². The Morgan fingerprint density at radius 2 is 1.68 bits per heavy atom. The largest absolute Gasteiger partial charge is 0.490 e. The van der Waals surface area contributed by atoms with Crippen molar-refractivity contribution in [3.05, 3.63) is 23.8 Å². The highest BCUT2D eigenvalue weighted by molar-refractivity contribution is 14.0. The molecular formula is C21H38IN3O3. The Kier molecular flexibility index (Phi) is 13.3. The fourth-order valence-corrected chi connectivity index (χ4v) is 2.65. The number of ether oxygens (including phenoxy) is 2. The third kappa shape index (κ3) is 8.43. The molecule has 6 nitrogen and oxygen atoms in total. The number of benzene rings is 1. The Hall–Kier alpha value is -1.22. The molecule has 0 saturated heterocycles. The smallest absolute Gasteiger partial charge is 0.191 e. The Labute approximate surface area is 187 Å². The zero-order chi connectivity index (χ0) is 20.3. The summed E-state index contributed by atoms with van der Waals surface area (Å²) in [7, 11) is 0. The maximum atomic E-state index is 10.5. The molecule has 0 aliphatic heterocycles. The molecule has 0 fully saturated rings. The molecule has 162 valence electrons. The lowest BCUT2D eigenvalue weighted by Gasteiger charge is -2.24. The number of rotatable bonds is 11. The first-order valence-electron chi connectivity index (χ1n) is 10.1. The van der Waals surface area contributed by atoms with Crippen LogP contribution in [0.2, 0.25) is 0 Å². The first kappa shape index (κ1) is 26.8. The van der Waals surface area contributed by atoms with Crippen LogP contribution in [0.4, 0.5) is 0 Å². The lowest BCUT2D eigenvalue weighted by molar-refractivity contribution is 0.0418. The third-order valence-corrected chi connectivity index (χ3v) is 4.61. The van der Waals surface area contributed by atoms with Crippen LogP contribution in [0, 0.1) is 0 Å². The average Bonchev–Trinajstić information content (AvgIpc) is 2.67. The van der Waals surface area contributed by atoms with Crippen molar-refractivity contribution in [3.8, 4) is 11.5 Å². The van der Waals surface area contributed by atoms with E-state index < -0.39 is 5.60 Å². The fraction of sp³-hybridized carbons (Fsp3) is 0.667. The number of nitrogens with zero attached hydrogens (tertiary/aromatic N) is 1. The Balaban J connectivity index is 0.00000729.